The summed E-state index contributed by atoms with van der Waals surface area (Å²) < 4.78 is 38.9. The van der Waals surface area contributed by atoms with Crippen molar-refractivity contribution in [1.82, 2.24) is 10.3 Å². The number of sulfonamides is 1. The molecule has 0 saturated heterocycles. The number of ether oxygens (including phenoxy) is 2. The average Bonchev–Trinajstić information content (AvgIpc) is 3.26. The van der Waals surface area contributed by atoms with Crippen molar-refractivity contribution in [2.75, 3.05) is 25.5 Å². The summed E-state index contributed by atoms with van der Waals surface area (Å²) in [5.41, 5.74) is 2.55. The first-order valence-corrected chi connectivity index (χ1v) is 12.1. The van der Waals surface area contributed by atoms with Crippen molar-refractivity contribution in [1.29, 1.82) is 0 Å². The SMILES string of the molecule is COc1ccc(S(=O)(=O)Nc2ccccc2C(=O)NCCc2c[nH]c3ccccc23)cc1OC. The van der Waals surface area contributed by atoms with Gasteiger partial charge in [0, 0.05) is 29.7 Å². The van der Waals surface area contributed by atoms with E-state index in [2.05, 4.69) is 15.0 Å². The number of para-hydroxylation sites is 2. The first-order chi connectivity index (χ1) is 16.4. The zero-order valence-electron chi connectivity index (χ0n) is 18.8. The lowest BCUT2D eigenvalue weighted by Crippen LogP contribution is -2.27. The van der Waals surface area contributed by atoms with Gasteiger partial charge in [0.05, 0.1) is 30.4 Å². The molecule has 0 aliphatic heterocycles. The van der Waals surface area contributed by atoms with Crippen molar-refractivity contribution in [2.45, 2.75) is 11.3 Å². The number of benzene rings is 3. The third kappa shape index (κ3) is 4.84. The summed E-state index contributed by atoms with van der Waals surface area (Å²) in [4.78, 5) is 16.1. The number of aromatic amines is 1. The molecule has 1 heterocycles. The number of hydrogen-bond acceptors (Lipinski definition) is 5. The van der Waals surface area contributed by atoms with Gasteiger partial charge in [0.1, 0.15) is 0 Å². The molecule has 4 aromatic rings. The number of rotatable bonds is 9. The Morgan fingerprint density at radius 3 is 2.47 bits per heavy atom. The van der Waals surface area contributed by atoms with Crippen molar-refractivity contribution in [3.8, 4) is 11.5 Å². The van der Waals surface area contributed by atoms with Gasteiger partial charge in [0.2, 0.25) is 0 Å². The maximum Gasteiger partial charge on any atom is 0.262 e. The highest BCUT2D eigenvalue weighted by Gasteiger charge is 2.20. The van der Waals surface area contributed by atoms with E-state index in [9.17, 15) is 13.2 Å². The first-order valence-electron chi connectivity index (χ1n) is 10.6. The molecule has 3 N–H and O–H groups in total. The van der Waals surface area contributed by atoms with Crippen molar-refractivity contribution >= 4 is 32.5 Å². The molecule has 0 radical (unpaired) electrons. The van der Waals surface area contributed by atoms with E-state index in [0.717, 1.165) is 16.5 Å². The van der Waals surface area contributed by atoms with Gasteiger partial charge in [-0.2, -0.15) is 0 Å². The van der Waals surface area contributed by atoms with E-state index >= 15 is 0 Å². The lowest BCUT2D eigenvalue weighted by atomic mass is 10.1. The summed E-state index contributed by atoms with van der Waals surface area (Å²) in [5.74, 6) is 0.329. The van der Waals surface area contributed by atoms with Gasteiger partial charge < -0.3 is 19.8 Å². The number of aromatic nitrogens is 1. The number of nitrogens with one attached hydrogen (secondary N) is 3. The standard InChI is InChI=1S/C25H25N3O5S/c1-32-23-12-11-18(15-24(23)33-2)34(30,31)28-22-10-6-4-8-20(22)25(29)26-14-13-17-16-27-21-9-5-3-7-19(17)21/h3-12,15-16,27-28H,13-14H2,1-2H3,(H,26,29). The van der Waals surface area contributed by atoms with Crippen LogP contribution in [0.25, 0.3) is 10.9 Å². The molecular weight excluding hydrogens is 454 g/mol. The molecule has 0 saturated carbocycles. The summed E-state index contributed by atoms with van der Waals surface area (Å²) in [6.45, 7) is 0.400. The second-order valence-electron chi connectivity index (χ2n) is 7.53. The molecule has 0 atom stereocenters. The van der Waals surface area contributed by atoms with Crippen molar-refractivity contribution in [3.05, 3.63) is 84.1 Å². The fourth-order valence-electron chi connectivity index (χ4n) is 3.70. The lowest BCUT2D eigenvalue weighted by Gasteiger charge is -2.14. The molecule has 176 valence electrons. The number of anilines is 1. The zero-order valence-corrected chi connectivity index (χ0v) is 19.6. The van der Waals surface area contributed by atoms with Crippen molar-refractivity contribution in [3.63, 3.8) is 0 Å². The molecule has 0 bridgehead atoms. The fraction of sp³-hybridized carbons (Fsp3) is 0.160. The van der Waals surface area contributed by atoms with Crippen LogP contribution in [0.5, 0.6) is 11.5 Å². The van der Waals surface area contributed by atoms with Crippen LogP contribution >= 0.6 is 0 Å². The van der Waals surface area contributed by atoms with Crippen LogP contribution in [-0.4, -0.2) is 40.1 Å². The molecule has 1 aromatic heterocycles. The number of amides is 1. The normalized spacial score (nSPS) is 11.2. The monoisotopic (exact) mass is 479 g/mol. The molecule has 4 rings (SSSR count). The molecule has 0 spiro atoms. The smallest absolute Gasteiger partial charge is 0.262 e. The topological polar surface area (TPSA) is 110 Å². The van der Waals surface area contributed by atoms with Crippen LogP contribution in [0.1, 0.15) is 15.9 Å². The minimum atomic E-state index is -3.98. The maximum atomic E-state index is 13.0. The highest BCUT2D eigenvalue weighted by molar-refractivity contribution is 7.92. The van der Waals surface area contributed by atoms with Crippen molar-refractivity contribution in [2.24, 2.45) is 0 Å². The number of carbonyl (C=O) groups is 1. The van der Waals surface area contributed by atoms with Crippen LogP contribution in [0, 0.1) is 0 Å². The average molecular weight is 480 g/mol. The molecule has 3 aromatic carbocycles. The molecule has 0 aliphatic carbocycles. The summed E-state index contributed by atoms with van der Waals surface area (Å²) in [6, 6.07) is 18.7. The molecule has 1 amide bonds. The summed E-state index contributed by atoms with van der Waals surface area (Å²) in [7, 11) is -1.08. The Balaban J connectivity index is 1.48. The van der Waals surface area contributed by atoms with E-state index in [4.69, 9.17) is 9.47 Å². The number of fused-ring (bicyclic) bond motifs is 1. The number of H-pyrrole nitrogens is 1. The lowest BCUT2D eigenvalue weighted by molar-refractivity contribution is 0.0955. The van der Waals surface area contributed by atoms with Gasteiger partial charge in [-0.3, -0.25) is 9.52 Å². The Morgan fingerprint density at radius 1 is 0.941 bits per heavy atom. The minimum absolute atomic E-state index is 0.0142. The van der Waals surface area contributed by atoms with E-state index < -0.39 is 10.0 Å². The summed E-state index contributed by atoms with van der Waals surface area (Å²) in [6.07, 6.45) is 2.57. The molecule has 8 nitrogen and oxygen atoms in total. The van der Waals surface area contributed by atoms with E-state index in [1.54, 1.807) is 24.3 Å². The number of methoxy groups -OCH3 is 2. The highest BCUT2D eigenvalue weighted by atomic mass is 32.2. The Bertz CT molecular complexity index is 1430. The Morgan fingerprint density at radius 2 is 1.68 bits per heavy atom. The molecule has 0 fully saturated rings. The van der Waals surface area contributed by atoms with Gasteiger partial charge >= 0.3 is 0 Å². The predicted molar refractivity (Wildman–Crippen MR) is 131 cm³/mol. The van der Waals surface area contributed by atoms with Crippen LogP contribution in [0.15, 0.2) is 77.8 Å². The van der Waals surface area contributed by atoms with Crippen molar-refractivity contribution < 1.29 is 22.7 Å². The Kier molecular flexibility index (Phi) is 6.74. The third-order valence-electron chi connectivity index (χ3n) is 5.44. The van der Waals surface area contributed by atoms with Gasteiger partial charge in [-0.15, -0.1) is 0 Å². The first kappa shape index (κ1) is 23.2. The van der Waals surface area contributed by atoms with Gasteiger partial charge in [0.25, 0.3) is 15.9 Å². The second kappa shape index (κ2) is 9.88. The van der Waals surface area contributed by atoms with E-state index in [1.807, 2.05) is 30.5 Å². The Hall–Kier alpha value is -3.98. The zero-order chi connectivity index (χ0) is 24.1. The Labute approximate surface area is 198 Å². The minimum Gasteiger partial charge on any atom is -0.493 e. The van der Waals surface area contributed by atoms with Gasteiger partial charge in [-0.05, 0) is 42.3 Å². The van der Waals surface area contributed by atoms with Crippen LogP contribution < -0.4 is 19.5 Å². The van der Waals surface area contributed by atoms with Gasteiger partial charge in [-0.1, -0.05) is 30.3 Å². The summed E-state index contributed by atoms with van der Waals surface area (Å²) in [5, 5.41) is 3.99. The van der Waals surface area contributed by atoms with Gasteiger partial charge in [-0.25, -0.2) is 8.42 Å². The predicted octanol–water partition coefficient (Wildman–Crippen LogP) is 3.96. The molecule has 34 heavy (non-hydrogen) atoms. The largest absolute Gasteiger partial charge is 0.493 e. The molecule has 9 heteroatoms. The number of hydrogen-bond donors (Lipinski definition) is 3. The number of carbonyl (C=O) groups excluding carboxylic acids is 1. The maximum absolute atomic E-state index is 13.0. The van der Waals surface area contributed by atoms with E-state index in [-0.39, 0.29) is 27.8 Å². The van der Waals surface area contributed by atoms with Crippen LogP contribution in [0.2, 0.25) is 0 Å². The molecular formula is C25H25N3O5S. The second-order valence-corrected chi connectivity index (χ2v) is 9.22. The molecule has 0 unspecified atom stereocenters. The highest BCUT2D eigenvalue weighted by Crippen LogP contribution is 2.30. The van der Waals surface area contributed by atoms with E-state index in [0.29, 0.717) is 18.7 Å². The quantitative estimate of drug-likeness (QED) is 0.337. The third-order valence-corrected chi connectivity index (χ3v) is 6.80. The van der Waals surface area contributed by atoms with Crippen LogP contribution in [0.4, 0.5) is 5.69 Å². The van der Waals surface area contributed by atoms with Crippen LogP contribution in [-0.2, 0) is 16.4 Å². The fourth-order valence-corrected chi connectivity index (χ4v) is 4.80. The summed E-state index contributed by atoms with van der Waals surface area (Å²) >= 11 is 0. The van der Waals surface area contributed by atoms with Gasteiger partial charge in [0.15, 0.2) is 11.5 Å². The van der Waals surface area contributed by atoms with Crippen LogP contribution in [0.3, 0.4) is 0 Å². The molecule has 0 aliphatic rings. The van der Waals surface area contributed by atoms with E-state index in [1.165, 1.54) is 32.4 Å².